The van der Waals surface area contributed by atoms with E-state index in [2.05, 4.69) is 11.4 Å². The minimum atomic E-state index is 0.0646. The molecular weight excluding hydrogens is 164 g/mol. The second kappa shape index (κ2) is 5.21. The third kappa shape index (κ3) is 2.98. The number of hydrogen-bond acceptors (Lipinski definition) is 3. The smallest absolute Gasteiger partial charge is 0.0841 e. The zero-order valence-electron chi connectivity index (χ0n) is 8.05. The van der Waals surface area contributed by atoms with Crippen molar-refractivity contribution in [3.05, 3.63) is 0 Å². The van der Waals surface area contributed by atoms with Gasteiger partial charge in [-0.3, -0.25) is 0 Å². The highest BCUT2D eigenvalue weighted by molar-refractivity contribution is 4.86. The fraction of sp³-hybridized carbons (Fsp3) is 0.900. The SMILES string of the molecule is N#CCNCC1(CO)CCCCC1. The topological polar surface area (TPSA) is 56.0 Å². The summed E-state index contributed by atoms with van der Waals surface area (Å²) in [5, 5.41) is 20.8. The highest BCUT2D eigenvalue weighted by Gasteiger charge is 2.30. The molecule has 1 saturated carbocycles. The maximum atomic E-state index is 9.32. The van der Waals surface area contributed by atoms with Crippen LogP contribution >= 0.6 is 0 Å². The summed E-state index contributed by atoms with van der Waals surface area (Å²) in [6.45, 7) is 1.43. The van der Waals surface area contributed by atoms with Gasteiger partial charge in [0.15, 0.2) is 0 Å². The molecule has 3 heteroatoms. The van der Waals surface area contributed by atoms with Gasteiger partial charge in [-0.15, -0.1) is 0 Å². The Morgan fingerprint density at radius 1 is 1.31 bits per heavy atom. The summed E-state index contributed by atoms with van der Waals surface area (Å²) in [6, 6.07) is 2.06. The number of aliphatic hydroxyl groups excluding tert-OH is 1. The summed E-state index contributed by atoms with van der Waals surface area (Å²) in [7, 11) is 0. The summed E-state index contributed by atoms with van der Waals surface area (Å²) < 4.78 is 0. The molecule has 74 valence electrons. The summed E-state index contributed by atoms with van der Waals surface area (Å²) in [5.41, 5.74) is 0.0646. The van der Waals surface area contributed by atoms with Crippen LogP contribution in [0.3, 0.4) is 0 Å². The summed E-state index contributed by atoms with van der Waals surface area (Å²) in [4.78, 5) is 0. The molecule has 0 aliphatic heterocycles. The molecule has 1 fully saturated rings. The number of nitrogens with one attached hydrogen (secondary N) is 1. The van der Waals surface area contributed by atoms with Gasteiger partial charge >= 0.3 is 0 Å². The van der Waals surface area contributed by atoms with Crippen molar-refractivity contribution < 1.29 is 5.11 Å². The van der Waals surface area contributed by atoms with Crippen molar-refractivity contribution in [1.29, 1.82) is 5.26 Å². The summed E-state index contributed by atoms with van der Waals surface area (Å²) in [6.07, 6.45) is 5.92. The van der Waals surface area contributed by atoms with Gasteiger partial charge in [0.25, 0.3) is 0 Å². The van der Waals surface area contributed by atoms with E-state index in [9.17, 15) is 5.11 Å². The van der Waals surface area contributed by atoms with Gasteiger partial charge in [0.05, 0.1) is 12.6 Å². The highest BCUT2D eigenvalue weighted by Crippen LogP contribution is 2.34. The Hall–Kier alpha value is -0.590. The first-order chi connectivity index (χ1) is 6.33. The Morgan fingerprint density at radius 3 is 2.54 bits per heavy atom. The minimum absolute atomic E-state index is 0.0646. The summed E-state index contributed by atoms with van der Waals surface area (Å²) >= 11 is 0. The Kier molecular flexibility index (Phi) is 4.20. The molecule has 1 aliphatic rings. The van der Waals surface area contributed by atoms with Gasteiger partial charge in [-0.25, -0.2) is 0 Å². The molecule has 1 aliphatic carbocycles. The number of rotatable bonds is 4. The Bertz CT molecular complexity index is 180. The number of nitriles is 1. The van der Waals surface area contributed by atoms with Crippen LogP contribution in [0.5, 0.6) is 0 Å². The van der Waals surface area contributed by atoms with Gasteiger partial charge in [0, 0.05) is 18.6 Å². The lowest BCUT2D eigenvalue weighted by Crippen LogP contribution is -2.39. The zero-order valence-corrected chi connectivity index (χ0v) is 8.05. The van der Waals surface area contributed by atoms with Crippen LogP contribution in [0.15, 0.2) is 0 Å². The van der Waals surface area contributed by atoms with E-state index in [-0.39, 0.29) is 12.0 Å². The molecule has 0 saturated heterocycles. The predicted molar refractivity (Wildman–Crippen MR) is 51.1 cm³/mol. The van der Waals surface area contributed by atoms with Crippen molar-refractivity contribution in [3.63, 3.8) is 0 Å². The van der Waals surface area contributed by atoms with E-state index in [1.807, 2.05) is 0 Å². The maximum Gasteiger partial charge on any atom is 0.0841 e. The quantitative estimate of drug-likeness (QED) is 0.504. The normalized spacial score (nSPS) is 20.9. The molecule has 0 aromatic heterocycles. The molecule has 3 nitrogen and oxygen atoms in total. The Morgan fingerprint density at radius 2 is 2.00 bits per heavy atom. The van der Waals surface area contributed by atoms with Gasteiger partial charge in [0.2, 0.25) is 0 Å². The van der Waals surface area contributed by atoms with E-state index in [4.69, 9.17) is 5.26 Å². The molecule has 0 aromatic carbocycles. The van der Waals surface area contributed by atoms with Gasteiger partial charge in [-0.2, -0.15) is 5.26 Å². The van der Waals surface area contributed by atoms with E-state index in [1.165, 1.54) is 19.3 Å². The number of aliphatic hydroxyl groups is 1. The molecule has 0 atom stereocenters. The molecule has 0 heterocycles. The van der Waals surface area contributed by atoms with E-state index in [0.29, 0.717) is 6.54 Å². The van der Waals surface area contributed by atoms with Gasteiger partial charge in [-0.1, -0.05) is 19.3 Å². The lowest BCUT2D eigenvalue weighted by molar-refractivity contribution is 0.0825. The third-order valence-corrected chi connectivity index (χ3v) is 2.95. The molecule has 2 N–H and O–H groups in total. The Balaban J connectivity index is 2.34. The molecule has 0 spiro atoms. The van der Waals surface area contributed by atoms with E-state index >= 15 is 0 Å². The van der Waals surface area contributed by atoms with Crippen molar-refractivity contribution in [2.75, 3.05) is 19.7 Å². The lowest BCUT2D eigenvalue weighted by Gasteiger charge is -2.35. The maximum absolute atomic E-state index is 9.32. The second-order valence-electron chi connectivity index (χ2n) is 3.98. The van der Waals surface area contributed by atoms with Gasteiger partial charge in [-0.05, 0) is 12.8 Å². The fourth-order valence-corrected chi connectivity index (χ4v) is 2.08. The summed E-state index contributed by atoms with van der Waals surface area (Å²) in [5.74, 6) is 0. The molecule has 13 heavy (non-hydrogen) atoms. The lowest BCUT2D eigenvalue weighted by atomic mass is 9.74. The first-order valence-electron chi connectivity index (χ1n) is 5.01. The van der Waals surface area contributed by atoms with Crippen molar-refractivity contribution in [2.45, 2.75) is 32.1 Å². The van der Waals surface area contributed by atoms with Crippen molar-refractivity contribution >= 4 is 0 Å². The molecule has 0 amide bonds. The first kappa shape index (κ1) is 10.5. The van der Waals surface area contributed by atoms with E-state index in [0.717, 1.165) is 19.4 Å². The fourth-order valence-electron chi connectivity index (χ4n) is 2.08. The number of nitrogens with zero attached hydrogens (tertiary/aromatic N) is 1. The van der Waals surface area contributed by atoms with Crippen LogP contribution in [0.25, 0.3) is 0 Å². The molecule has 1 rings (SSSR count). The van der Waals surface area contributed by atoms with E-state index < -0.39 is 0 Å². The minimum Gasteiger partial charge on any atom is -0.396 e. The van der Waals surface area contributed by atoms with Crippen LogP contribution in [0.4, 0.5) is 0 Å². The first-order valence-corrected chi connectivity index (χ1v) is 5.01. The molecule has 0 bridgehead atoms. The molecular formula is C10H18N2O. The molecule has 0 radical (unpaired) electrons. The Labute approximate surface area is 79.8 Å². The van der Waals surface area contributed by atoms with Crippen LogP contribution in [-0.2, 0) is 0 Å². The van der Waals surface area contributed by atoms with Crippen LogP contribution in [-0.4, -0.2) is 24.8 Å². The second-order valence-corrected chi connectivity index (χ2v) is 3.98. The van der Waals surface area contributed by atoms with Gasteiger partial charge in [0.1, 0.15) is 0 Å². The number of hydrogen-bond donors (Lipinski definition) is 2. The largest absolute Gasteiger partial charge is 0.396 e. The standard InChI is InChI=1S/C10H18N2O/c11-6-7-12-8-10(9-13)4-2-1-3-5-10/h12-13H,1-5,7-9H2. The predicted octanol–water partition coefficient (Wildman–Crippen LogP) is 1.04. The monoisotopic (exact) mass is 182 g/mol. The van der Waals surface area contributed by atoms with Crippen LogP contribution in [0.1, 0.15) is 32.1 Å². The average Bonchev–Trinajstić information content (AvgIpc) is 2.20. The molecule has 0 unspecified atom stereocenters. The van der Waals surface area contributed by atoms with E-state index in [1.54, 1.807) is 0 Å². The van der Waals surface area contributed by atoms with Gasteiger partial charge < -0.3 is 10.4 Å². The average molecular weight is 182 g/mol. The molecule has 0 aromatic rings. The van der Waals surface area contributed by atoms with Crippen molar-refractivity contribution in [3.8, 4) is 6.07 Å². The zero-order chi connectivity index (χ0) is 9.57. The van der Waals surface area contributed by atoms with Crippen LogP contribution < -0.4 is 5.32 Å². The van der Waals surface area contributed by atoms with Crippen LogP contribution in [0.2, 0.25) is 0 Å². The third-order valence-electron chi connectivity index (χ3n) is 2.95. The van der Waals surface area contributed by atoms with Crippen molar-refractivity contribution in [1.82, 2.24) is 5.32 Å². The highest BCUT2D eigenvalue weighted by atomic mass is 16.3. The van der Waals surface area contributed by atoms with Crippen molar-refractivity contribution in [2.24, 2.45) is 5.41 Å². The van der Waals surface area contributed by atoms with Crippen LogP contribution in [0, 0.1) is 16.7 Å².